The van der Waals surface area contributed by atoms with Gasteiger partial charge in [-0.05, 0) is 50.1 Å². The highest BCUT2D eigenvalue weighted by Gasteiger charge is 2.13. The third-order valence-electron chi connectivity index (χ3n) is 3.00. The lowest BCUT2D eigenvalue weighted by molar-refractivity contribution is 0.665. The third kappa shape index (κ3) is 3.44. The van der Waals surface area contributed by atoms with E-state index in [1.54, 1.807) is 6.20 Å². The van der Waals surface area contributed by atoms with Gasteiger partial charge in [0.05, 0.1) is 6.20 Å². The fraction of sp³-hybridized carbons (Fsp3) is 0.333. The smallest absolute Gasteiger partial charge is 0.152 e. The Kier molecular flexibility index (Phi) is 4.00. The molecule has 0 aliphatic rings. The number of anilines is 2. The van der Waals surface area contributed by atoms with Crippen molar-refractivity contribution in [3.8, 4) is 0 Å². The van der Waals surface area contributed by atoms with Crippen LogP contribution in [0.3, 0.4) is 0 Å². The predicted octanol–water partition coefficient (Wildman–Crippen LogP) is 2.78. The monoisotopic (exact) mass is 256 g/mol. The lowest BCUT2D eigenvalue weighted by Gasteiger charge is -2.27. The molecular weight excluding hydrogens is 236 g/mol. The molecule has 1 aromatic carbocycles. The minimum Gasteiger partial charge on any atom is -0.399 e. The van der Waals surface area contributed by atoms with E-state index in [0.717, 1.165) is 23.6 Å². The predicted molar refractivity (Wildman–Crippen MR) is 78.9 cm³/mol. The van der Waals surface area contributed by atoms with E-state index >= 15 is 0 Å². The van der Waals surface area contributed by atoms with Crippen molar-refractivity contribution in [2.45, 2.75) is 33.4 Å². The van der Waals surface area contributed by atoms with Gasteiger partial charge in [-0.25, -0.2) is 0 Å². The zero-order chi connectivity index (χ0) is 13.8. The first-order valence-corrected chi connectivity index (χ1v) is 6.46. The molecule has 100 valence electrons. The number of hydrogen-bond donors (Lipinski definition) is 1. The van der Waals surface area contributed by atoms with Crippen LogP contribution >= 0.6 is 0 Å². The molecule has 1 heterocycles. The molecule has 4 heteroatoms. The van der Waals surface area contributed by atoms with Crippen LogP contribution in [-0.4, -0.2) is 16.2 Å². The standard InChI is InChI=1S/C15H20N4/c1-11(2)19(15-7-12(3)9-17-18-15)10-13-5-4-6-14(16)8-13/h4-9,11H,10,16H2,1-3H3. The second-order valence-electron chi connectivity index (χ2n) is 5.06. The molecule has 0 atom stereocenters. The van der Waals surface area contributed by atoms with Crippen LogP contribution in [0, 0.1) is 6.92 Å². The van der Waals surface area contributed by atoms with Gasteiger partial charge in [0.2, 0.25) is 0 Å². The van der Waals surface area contributed by atoms with Gasteiger partial charge in [0, 0.05) is 18.3 Å². The van der Waals surface area contributed by atoms with Crippen molar-refractivity contribution in [3.05, 3.63) is 47.7 Å². The second kappa shape index (κ2) is 5.69. The molecule has 1 aromatic heterocycles. The molecule has 19 heavy (non-hydrogen) atoms. The lowest BCUT2D eigenvalue weighted by atomic mass is 10.1. The van der Waals surface area contributed by atoms with Gasteiger partial charge in [-0.3, -0.25) is 0 Å². The van der Waals surface area contributed by atoms with Crippen molar-refractivity contribution in [1.29, 1.82) is 0 Å². The van der Waals surface area contributed by atoms with Crippen LogP contribution in [0.25, 0.3) is 0 Å². The fourth-order valence-electron chi connectivity index (χ4n) is 2.01. The van der Waals surface area contributed by atoms with E-state index in [0.29, 0.717) is 6.04 Å². The van der Waals surface area contributed by atoms with E-state index in [9.17, 15) is 0 Å². The number of nitrogens with zero attached hydrogens (tertiary/aromatic N) is 3. The highest BCUT2D eigenvalue weighted by atomic mass is 15.3. The van der Waals surface area contributed by atoms with Gasteiger partial charge in [0.25, 0.3) is 0 Å². The van der Waals surface area contributed by atoms with Crippen LogP contribution < -0.4 is 10.6 Å². The highest BCUT2D eigenvalue weighted by molar-refractivity contribution is 5.45. The summed E-state index contributed by atoms with van der Waals surface area (Å²) in [6, 6.07) is 10.4. The van der Waals surface area contributed by atoms with Gasteiger partial charge < -0.3 is 10.6 Å². The summed E-state index contributed by atoms with van der Waals surface area (Å²) in [5.41, 5.74) is 8.91. The van der Waals surface area contributed by atoms with E-state index in [2.05, 4.69) is 41.1 Å². The molecule has 2 N–H and O–H groups in total. The molecule has 0 saturated heterocycles. The Balaban J connectivity index is 2.26. The van der Waals surface area contributed by atoms with Gasteiger partial charge in [0.1, 0.15) is 0 Å². The average molecular weight is 256 g/mol. The normalized spacial score (nSPS) is 10.7. The van der Waals surface area contributed by atoms with Crippen molar-refractivity contribution in [3.63, 3.8) is 0 Å². The molecule has 0 spiro atoms. The fourth-order valence-corrected chi connectivity index (χ4v) is 2.01. The quantitative estimate of drug-likeness (QED) is 0.855. The molecule has 2 rings (SSSR count). The first kappa shape index (κ1) is 13.3. The summed E-state index contributed by atoms with van der Waals surface area (Å²) in [6.45, 7) is 7.10. The largest absolute Gasteiger partial charge is 0.399 e. The summed E-state index contributed by atoms with van der Waals surface area (Å²) in [4.78, 5) is 2.22. The van der Waals surface area contributed by atoms with E-state index in [1.807, 2.05) is 25.1 Å². The van der Waals surface area contributed by atoms with Gasteiger partial charge in [0.15, 0.2) is 5.82 Å². The van der Waals surface area contributed by atoms with E-state index < -0.39 is 0 Å². The minimum atomic E-state index is 0.345. The molecule has 0 unspecified atom stereocenters. The molecule has 4 nitrogen and oxygen atoms in total. The molecule has 0 bridgehead atoms. The number of aromatic nitrogens is 2. The first-order valence-electron chi connectivity index (χ1n) is 6.46. The van der Waals surface area contributed by atoms with Crippen molar-refractivity contribution >= 4 is 11.5 Å². The minimum absolute atomic E-state index is 0.345. The summed E-state index contributed by atoms with van der Waals surface area (Å²) in [6.07, 6.45) is 1.77. The zero-order valence-electron chi connectivity index (χ0n) is 11.7. The number of nitrogen functional groups attached to an aromatic ring is 1. The Morgan fingerprint density at radius 1 is 1.26 bits per heavy atom. The Morgan fingerprint density at radius 2 is 2.05 bits per heavy atom. The number of benzene rings is 1. The number of aryl methyl sites for hydroxylation is 1. The van der Waals surface area contributed by atoms with Gasteiger partial charge >= 0.3 is 0 Å². The Hall–Kier alpha value is -2.10. The molecule has 0 aliphatic carbocycles. The van der Waals surface area contributed by atoms with Crippen LogP contribution in [0.15, 0.2) is 36.5 Å². The van der Waals surface area contributed by atoms with Crippen LogP contribution in [0.1, 0.15) is 25.0 Å². The first-order chi connectivity index (χ1) is 9.06. The second-order valence-corrected chi connectivity index (χ2v) is 5.06. The highest BCUT2D eigenvalue weighted by Crippen LogP contribution is 2.18. The van der Waals surface area contributed by atoms with Crippen LogP contribution in [0.5, 0.6) is 0 Å². The van der Waals surface area contributed by atoms with E-state index in [1.165, 1.54) is 5.56 Å². The summed E-state index contributed by atoms with van der Waals surface area (Å²) >= 11 is 0. The van der Waals surface area contributed by atoms with Crippen molar-refractivity contribution in [2.75, 3.05) is 10.6 Å². The number of nitrogens with two attached hydrogens (primary N) is 1. The Labute approximate surface area is 114 Å². The van der Waals surface area contributed by atoms with Crippen LogP contribution in [0.2, 0.25) is 0 Å². The third-order valence-corrected chi connectivity index (χ3v) is 3.00. The van der Waals surface area contributed by atoms with E-state index in [-0.39, 0.29) is 0 Å². The summed E-state index contributed by atoms with van der Waals surface area (Å²) < 4.78 is 0. The van der Waals surface area contributed by atoms with E-state index in [4.69, 9.17) is 5.73 Å². The van der Waals surface area contributed by atoms with Gasteiger partial charge in [-0.15, -0.1) is 5.10 Å². The summed E-state index contributed by atoms with van der Waals surface area (Å²) in [5.74, 6) is 0.900. The van der Waals surface area contributed by atoms with Crippen LogP contribution in [0.4, 0.5) is 11.5 Å². The topological polar surface area (TPSA) is 55.0 Å². The van der Waals surface area contributed by atoms with Crippen molar-refractivity contribution in [1.82, 2.24) is 10.2 Å². The molecule has 0 saturated carbocycles. The zero-order valence-corrected chi connectivity index (χ0v) is 11.7. The molecular formula is C15H20N4. The lowest BCUT2D eigenvalue weighted by Crippen LogP contribution is -2.31. The van der Waals surface area contributed by atoms with Gasteiger partial charge in [-0.2, -0.15) is 5.10 Å². The Bertz CT molecular complexity index is 551. The molecule has 0 radical (unpaired) electrons. The van der Waals surface area contributed by atoms with Gasteiger partial charge in [-0.1, -0.05) is 12.1 Å². The maximum absolute atomic E-state index is 5.83. The summed E-state index contributed by atoms with van der Waals surface area (Å²) in [5, 5.41) is 8.25. The molecule has 0 fully saturated rings. The maximum Gasteiger partial charge on any atom is 0.152 e. The van der Waals surface area contributed by atoms with Crippen LogP contribution in [-0.2, 0) is 6.54 Å². The average Bonchev–Trinajstić information content (AvgIpc) is 2.35. The van der Waals surface area contributed by atoms with Crippen molar-refractivity contribution < 1.29 is 0 Å². The summed E-state index contributed by atoms with van der Waals surface area (Å²) in [7, 11) is 0. The molecule has 2 aromatic rings. The molecule has 0 amide bonds. The maximum atomic E-state index is 5.83. The number of hydrogen-bond acceptors (Lipinski definition) is 4. The van der Waals surface area contributed by atoms with Crippen molar-refractivity contribution in [2.24, 2.45) is 0 Å². The SMILES string of the molecule is Cc1cnnc(N(Cc2cccc(N)c2)C(C)C)c1. The Morgan fingerprint density at radius 3 is 2.68 bits per heavy atom. The molecule has 0 aliphatic heterocycles. The number of rotatable bonds is 4.